The molecule has 9 nitrogen and oxygen atoms in total. The first-order valence-electron chi connectivity index (χ1n) is 9.00. The summed E-state index contributed by atoms with van der Waals surface area (Å²) in [7, 11) is 0. The maximum atomic E-state index is 12.2. The zero-order valence-corrected chi connectivity index (χ0v) is 16.7. The van der Waals surface area contributed by atoms with Crippen LogP contribution in [-0.2, 0) is 11.3 Å². The summed E-state index contributed by atoms with van der Waals surface area (Å²) < 4.78 is 5.04. The molecule has 3 aromatic rings. The van der Waals surface area contributed by atoms with Gasteiger partial charge in [0.2, 0.25) is 11.6 Å². The first-order chi connectivity index (χ1) is 14.5. The highest BCUT2D eigenvalue weighted by atomic mass is 35.5. The molecule has 0 radical (unpaired) electrons. The zero-order chi connectivity index (χ0) is 21.5. The van der Waals surface area contributed by atoms with E-state index in [4.69, 9.17) is 16.3 Å². The fourth-order valence-electron chi connectivity index (χ4n) is 2.67. The Morgan fingerprint density at radius 2 is 1.83 bits per heavy atom. The molecule has 1 heterocycles. The van der Waals surface area contributed by atoms with Crippen molar-refractivity contribution in [2.45, 2.75) is 13.5 Å². The largest absolute Gasteiger partial charge is 0.462 e. The van der Waals surface area contributed by atoms with Crippen LogP contribution in [0.5, 0.6) is 0 Å². The molecule has 154 valence electrons. The van der Waals surface area contributed by atoms with Gasteiger partial charge < -0.3 is 15.4 Å². The van der Waals surface area contributed by atoms with Crippen molar-refractivity contribution in [2.24, 2.45) is 0 Å². The smallest absolute Gasteiger partial charge is 0.353 e. The number of para-hydroxylation sites is 1. The van der Waals surface area contributed by atoms with Crippen LogP contribution < -0.4 is 10.6 Å². The molecule has 0 aliphatic rings. The second-order valence-corrected chi connectivity index (χ2v) is 6.48. The lowest BCUT2D eigenvalue weighted by molar-refractivity contribution is -0.383. The summed E-state index contributed by atoms with van der Waals surface area (Å²) in [5, 5.41) is 18.1. The van der Waals surface area contributed by atoms with E-state index in [0.29, 0.717) is 17.3 Å². The summed E-state index contributed by atoms with van der Waals surface area (Å²) >= 11 is 5.88. The van der Waals surface area contributed by atoms with Crippen LogP contribution in [0.25, 0.3) is 0 Å². The van der Waals surface area contributed by atoms with E-state index in [1.165, 1.54) is 6.33 Å². The second kappa shape index (κ2) is 9.66. The number of hydrogen-bond donors (Lipinski definition) is 2. The van der Waals surface area contributed by atoms with Gasteiger partial charge in [-0.05, 0) is 36.8 Å². The molecule has 2 N–H and O–H groups in total. The summed E-state index contributed by atoms with van der Waals surface area (Å²) in [5.41, 5.74) is 1.10. The average Bonchev–Trinajstić information content (AvgIpc) is 2.73. The number of nitrogens with one attached hydrogen (secondary N) is 2. The van der Waals surface area contributed by atoms with Crippen molar-refractivity contribution in [3.05, 3.63) is 81.1 Å². The Labute approximate surface area is 177 Å². The maximum Gasteiger partial charge on any atom is 0.353 e. The third kappa shape index (κ3) is 5.00. The molecular weight excluding hydrogens is 410 g/mol. The van der Waals surface area contributed by atoms with Crippen LogP contribution in [0.2, 0.25) is 5.02 Å². The minimum absolute atomic E-state index is 0.0427. The third-order valence-corrected chi connectivity index (χ3v) is 4.31. The number of ether oxygens (including phenoxy) is 1. The quantitative estimate of drug-likeness (QED) is 0.305. The minimum atomic E-state index is -0.584. The molecule has 0 saturated carbocycles. The summed E-state index contributed by atoms with van der Waals surface area (Å²) in [5.74, 6) is -0.551. The van der Waals surface area contributed by atoms with E-state index < -0.39 is 10.9 Å². The Bertz CT molecular complexity index is 1060. The van der Waals surface area contributed by atoms with Crippen molar-refractivity contribution in [3.63, 3.8) is 0 Å². The molecule has 0 saturated heterocycles. The Balaban J connectivity index is 1.89. The van der Waals surface area contributed by atoms with Crippen molar-refractivity contribution < 1.29 is 14.5 Å². The van der Waals surface area contributed by atoms with E-state index in [1.54, 1.807) is 55.5 Å². The third-order valence-electron chi connectivity index (χ3n) is 4.05. The lowest BCUT2D eigenvalue weighted by Gasteiger charge is -2.12. The van der Waals surface area contributed by atoms with E-state index in [2.05, 4.69) is 20.6 Å². The molecular formula is C20H18ClN5O4. The van der Waals surface area contributed by atoms with Crippen LogP contribution in [0.1, 0.15) is 22.8 Å². The molecule has 0 bridgehead atoms. The summed E-state index contributed by atoms with van der Waals surface area (Å²) in [6, 6.07) is 13.6. The van der Waals surface area contributed by atoms with Crippen LogP contribution in [0, 0.1) is 10.1 Å². The van der Waals surface area contributed by atoms with Gasteiger partial charge >= 0.3 is 11.7 Å². The van der Waals surface area contributed by atoms with Crippen molar-refractivity contribution in [2.75, 3.05) is 17.2 Å². The Hall–Kier alpha value is -3.72. The molecule has 10 heteroatoms. The molecule has 0 spiro atoms. The number of nitro groups is 1. The molecule has 0 aliphatic heterocycles. The number of carbonyl (C=O) groups excluding carboxylic acids is 1. The standard InChI is InChI=1S/C20H18ClN5O4/c1-2-30-20(27)15-5-3-4-6-16(15)25-19-17(26(28)29)18(23-12-24-19)22-11-13-7-9-14(21)10-8-13/h3-10,12H,2,11H2,1H3,(H2,22,23,24,25). The normalized spacial score (nSPS) is 10.3. The zero-order valence-electron chi connectivity index (χ0n) is 16.0. The van der Waals surface area contributed by atoms with Gasteiger partial charge in [0.05, 0.1) is 22.8 Å². The Morgan fingerprint density at radius 1 is 1.13 bits per heavy atom. The topological polar surface area (TPSA) is 119 Å². The Kier molecular flexibility index (Phi) is 6.76. The molecule has 0 fully saturated rings. The van der Waals surface area contributed by atoms with E-state index in [0.717, 1.165) is 5.56 Å². The van der Waals surface area contributed by atoms with E-state index in [-0.39, 0.29) is 29.5 Å². The summed E-state index contributed by atoms with van der Waals surface area (Å²) in [6.07, 6.45) is 1.20. The monoisotopic (exact) mass is 427 g/mol. The molecule has 0 unspecified atom stereocenters. The minimum Gasteiger partial charge on any atom is -0.462 e. The number of nitrogens with zero attached hydrogens (tertiary/aromatic N) is 3. The molecule has 3 rings (SSSR count). The number of halogens is 1. The predicted octanol–water partition coefficient (Wildman–Crippen LogP) is 4.57. The Morgan fingerprint density at radius 3 is 2.53 bits per heavy atom. The van der Waals surface area contributed by atoms with Crippen LogP contribution in [-0.4, -0.2) is 27.5 Å². The number of carbonyl (C=O) groups is 1. The highest BCUT2D eigenvalue weighted by Crippen LogP contribution is 2.32. The van der Waals surface area contributed by atoms with Crippen molar-refractivity contribution in [1.82, 2.24) is 9.97 Å². The fraction of sp³-hybridized carbons (Fsp3) is 0.150. The molecule has 2 aromatic carbocycles. The maximum absolute atomic E-state index is 12.2. The molecule has 30 heavy (non-hydrogen) atoms. The molecule has 1 aromatic heterocycles. The summed E-state index contributed by atoms with van der Waals surface area (Å²) in [4.78, 5) is 31.3. The number of rotatable bonds is 8. The highest BCUT2D eigenvalue weighted by molar-refractivity contribution is 6.30. The van der Waals surface area contributed by atoms with Gasteiger partial charge in [0, 0.05) is 11.6 Å². The predicted molar refractivity (Wildman–Crippen MR) is 113 cm³/mol. The average molecular weight is 428 g/mol. The number of hydrogen-bond acceptors (Lipinski definition) is 8. The van der Waals surface area contributed by atoms with Gasteiger partial charge in [-0.25, -0.2) is 14.8 Å². The van der Waals surface area contributed by atoms with Gasteiger partial charge in [0.1, 0.15) is 6.33 Å². The second-order valence-electron chi connectivity index (χ2n) is 6.05. The van der Waals surface area contributed by atoms with Crippen molar-refractivity contribution in [3.8, 4) is 0 Å². The van der Waals surface area contributed by atoms with Crippen LogP contribution in [0.3, 0.4) is 0 Å². The van der Waals surface area contributed by atoms with Crippen LogP contribution >= 0.6 is 11.6 Å². The molecule has 0 amide bonds. The number of esters is 1. The van der Waals surface area contributed by atoms with E-state index in [1.807, 2.05) is 0 Å². The van der Waals surface area contributed by atoms with Crippen molar-refractivity contribution in [1.29, 1.82) is 0 Å². The number of aromatic nitrogens is 2. The van der Waals surface area contributed by atoms with Crippen molar-refractivity contribution >= 4 is 40.6 Å². The first-order valence-corrected chi connectivity index (χ1v) is 9.38. The number of benzene rings is 2. The van der Waals surface area contributed by atoms with E-state index >= 15 is 0 Å². The highest BCUT2D eigenvalue weighted by Gasteiger charge is 2.24. The fourth-order valence-corrected chi connectivity index (χ4v) is 2.79. The summed E-state index contributed by atoms with van der Waals surface area (Å²) in [6.45, 7) is 2.20. The number of anilines is 3. The molecule has 0 atom stereocenters. The van der Waals surface area contributed by atoms with Gasteiger partial charge in [-0.1, -0.05) is 35.9 Å². The van der Waals surface area contributed by atoms with Gasteiger partial charge in [0.25, 0.3) is 0 Å². The van der Waals surface area contributed by atoms with Gasteiger partial charge in [-0.3, -0.25) is 10.1 Å². The van der Waals surface area contributed by atoms with Gasteiger partial charge in [0.15, 0.2) is 0 Å². The van der Waals surface area contributed by atoms with Gasteiger partial charge in [-0.15, -0.1) is 0 Å². The van der Waals surface area contributed by atoms with E-state index in [9.17, 15) is 14.9 Å². The first kappa shape index (κ1) is 21.0. The van der Waals surface area contributed by atoms with Crippen LogP contribution in [0.15, 0.2) is 54.9 Å². The SMILES string of the molecule is CCOC(=O)c1ccccc1Nc1ncnc(NCc2ccc(Cl)cc2)c1[N+](=O)[O-]. The van der Waals surface area contributed by atoms with Crippen LogP contribution in [0.4, 0.5) is 23.0 Å². The lowest BCUT2D eigenvalue weighted by Crippen LogP contribution is -2.11. The lowest BCUT2D eigenvalue weighted by atomic mass is 10.1. The molecule has 0 aliphatic carbocycles. The van der Waals surface area contributed by atoms with Gasteiger partial charge in [-0.2, -0.15) is 0 Å².